The highest BCUT2D eigenvalue weighted by Crippen LogP contribution is 2.52. The lowest BCUT2D eigenvalue weighted by atomic mass is 9.75. The van der Waals surface area contributed by atoms with E-state index in [4.69, 9.17) is 18.7 Å². The molecule has 1 unspecified atom stereocenters. The fourth-order valence-electron chi connectivity index (χ4n) is 4.30. The molecule has 39 heavy (non-hydrogen) atoms. The highest BCUT2D eigenvalue weighted by atomic mass is 32.7. The molecule has 0 aliphatic heterocycles. The summed E-state index contributed by atoms with van der Waals surface area (Å²) < 4.78 is 34.4. The van der Waals surface area contributed by atoms with Gasteiger partial charge in [-0.3, -0.25) is 19.2 Å². The van der Waals surface area contributed by atoms with Crippen molar-refractivity contribution in [2.75, 3.05) is 19.5 Å². The van der Waals surface area contributed by atoms with E-state index in [0.717, 1.165) is 16.9 Å². The highest BCUT2D eigenvalue weighted by Gasteiger charge is 2.43. The first-order valence-corrected chi connectivity index (χ1v) is 15.6. The average Bonchev–Trinajstić information content (AvgIpc) is 2.83. The second-order valence-corrected chi connectivity index (χ2v) is 14.9. The predicted molar refractivity (Wildman–Crippen MR) is 150 cm³/mol. The van der Waals surface area contributed by atoms with Crippen LogP contribution in [0.3, 0.4) is 0 Å². The molecule has 0 fully saturated rings. The summed E-state index contributed by atoms with van der Waals surface area (Å²) in [6.07, 6.45) is 1.75. The van der Waals surface area contributed by atoms with Gasteiger partial charge in [0, 0.05) is 0 Å². The Hall–Kier alpha value is -2.19. The van der Waals surface area contributed by atoms with E-state index in [1.54, 1.807) is 55.4 Å². The SMILES string of the molecule is CSP(F)OC(=O)C(C)(C)CC(C)(C)C(=O)OCCOC(=O)C(C)(C)CC(C)(C)C(=O)OCc1ccccc1. The summed E-state index contributed by atoms with van der Waals surface area (Å²) in [5.41, 5.74) is -3.27. The standard InChI is InChI=1S/C28H42FO8PS/c1-25(2,18-27(5,6)23(32)36-17-20-13-11-10-12-14-20)21(30)34-15-16-35-22(31)26(3,4)19-28(7,8)24(33)37-38(29)39-9/h10-14H,15-19H2,1-9H3. The van der Waals surface area contributed by atoms with E-state index >= 15 is 0 Å². The third kappa shape index (κ3) is 11.4. The normalized spacial score (nSPS) is 13.3. The molecule has 0 spiro atoms. The van der Waals surface area contributed by atoms with Crippen molar-refractivity contribution in [1.29, 1.82) is 0 Å². The van der Waals surface area contributed by atoms with Gasteiger partial charge < -0.3 is 18.7 Å². The Kier molecular flexibility index (Phi) is 12.9. The van der Waals surface area contributed by atoms with E-state index in [2.05, 4.69) is 0 Å². The molecule has 8 nitrogen and oxygen atoms in total. The van der Waals surface area contributed by atoms with Crippen molar-refractivity contribution < 1.29 is 42.1 Å². The Bertz CT molecular complexity index is 995. The molecule has 0 saturated carbocycles. The predicted octanol–water partition coefficient (Wildman–Crippen LogP) is 6.80. The molecule has 0 amide bonds. The molecule has 0 radical (unpaired) electrons. The summed E-state index contributed by atoms with van der Waals surface area (Å²) in [4.78, 5) is 50.4. The Morgan fingerprint density at radius 2 is 1.08 bits per heavy atom. The van der Waals surface area contributed by atoms with Crippen molar-refractivity contribution in [3.05, 3.63) is 35.9 Å². The van der Waals surface area contributed by atoms with Crippen LogP contribution in [0, 0.1) is 21.7 Å². The second kappa shape index (κ2) is 14.4. The minimum Gasteiger partial charge on any atom is -0.462 e. The van der Waals surface area contributed by atoms with Crippen LogP contribution in [0.1, 0.15) is 73.8 Å². The number of rotatable bonds is 15. The van der Waals surface area contributed by atoms with Crippen LogP contribution in [0.25, 0.3) is 0 Å². The number of carbonyl (C=O) groups excluding carboxylic acids is 4. The molecule has 1 aromatic rings. The van der Waals surface area contributed by atoms with Gasteiger partial charge in [-0.2, -0.15) is 4.20 Å². The van der Waals surface area contributed by atoms with Gasteiger partial charge in [-0.05, 0) is 80.1 Å². The zero-order valence-electron chi connectivity index (χ0n) is 24.4. The van der Waals surface area contributed by atoms with Gasteiger partial charge in [0.15, 0.2) is 0 Å². The third-order valence-electron chi connectivity index (χ3n) is 6.04. The molecule has 0 aliphatic rings. The first-order chi connectivity index (χ1) is 17.8. The third-order valence-corrected chi connectivity index (χ3v) is 7.72. The highest BCUT2D eigenvalue weighted by molar-refractivity contribution is 8.52. The summed E-state index contributed by atoms with van der Waals surface area (Å²) in [5, 5.41) is 0. The number of hydrogen-bond acceptors (Lipinski definition) is 9. The maximum atomic E-state index is 13.5. The van der Waals surface area contributed by atoms with Crippen molar-refractivity contribution in [2.45, 2.75) is 74.8 Å². The molecule has 0 saturated heterocycles. The smallest absolute Gasteiger partial charge is 0.343 e. The zero-order valence-corrected chi connectivity index (χ0v) is 26.1. The lowest BCUT2D eigenvalue weighted by Crippen LogP contribution is -2.38. The van der Waals surface area contributed by atoms with Crippen LogP contribution in [-0.4, -0.2) is 43.3 Å². The maximum absolute atomic E-state index is 13.5. The summed E-state index contributed by atoms with van der Waals surface area (Å²) in [7, 11) is -2.41. The first-order valence-electron chi connectivity index (χ1n) is 12.6. The molecule has 1 rings (SSSR count). The van der Waals surface area contributed by atoms with Gasteiger partial charge in [-0.1, -0.05) is 41.7 Å². The minimum atomic E-state index is -2.41. The van der Waals surface area contributed by atoms with Gasteiger partial charge in [0.1, 0.15) is 19.8 Å². The van der Waals surface area contributed by atoms with Gasteiger partial charge in [-0.25, -0.2) is 0 Å². The van der Waals surface area contributed by atoms with Crippen molar-refractivity contribution >= 4 is 42.9 Å². The fraction of sp³-hybridized carbons (Fsp3) is 0.643. The molecule has 0 aromatic heterocycles. The topological polar surface area (TPSA) is 105 Å². The van der Waals surface area contributed by atoms with Gasteiger partial charge in [-0.15, -0.1) is 0 Å². The Morgan fingerprint density at radius 3 is 1.49 bits per heavy atom. The average molecular weight is 589 g/mol. The number of hydrogen-bond donors (Lipinski definition) is 0. The number of benzene rings is 1. The number of carbonyl (C=O) groups is 4. The molecular formula is C28H42FO8PS. The van der Waals surface area contributed by atoms with Crippen molar-refractivity contribution in [1.82, 2.24) is 0 Å². The van der Waals surface area contributed by atoms with Gasteiger partial charge in [0.05, 0.1) is 21.7 Å². The summed E-state index contributed by atoms with van der Waals surface area (Å²) in [5.74, 6) is -2.28. The first kappa shape index (κ1) is 34.8. The van der Waals surface area contributed by atoms with Crippen LogP contribution in [-0.2, 0) is 44.5 Å². The van der Waals surface area contributed by atoms with Crippen molar-refractivity contribution in [2.24, 2.45) is 21.7 Å². The molecule has 1 atom stereocenters. The van der Waals surface area contributed by atoms with Crippen molar-refractivity contribution in [3.63, 3.8) is 0 Å². The quantitative estimate of drug-likeness (QED) is 0.0946. The van der Waals surface area contributed by atoms with Crippen LogP contribution in [0.15, 0.2) is 30.3 Å². The fourth-order valence-corrected chi connectivity index (χ4v) is 5.18. The van der Waals surface area contributed by atoms with Crippen LogP contribution in [0.4, 0.5) is 4.20 Å². The van der Waals surface area contributed by atoms with E-state index in [1.807, 2.05) is 30.3 Å². The van der Waals surface area contributed by atoms with E-state index < -0.39 is 53.2 Å². The van der Waals surface area contributed by atoms with Crippen LogP contribution >= 0.6 is 19.0 Å². The van der Waals surface area contributed by atoms with Crippen molar-refractivity contribution in [3.8, 4) is 0 Å². The van der Waals surface area contributed by atoms with E-state index in [0.29, 0.717) is 0 Å². The van der Waals surface area contributed by atoms with Gasteiger partial charge in [0.2, 0.25) is 0 Å². The largest absolute Gasteiger partial charge is 0.462 e. The monoisotopic (exact) mass is 588 g/mol. The second-order valence-electron chi connectivity index (χ2n) is 12.0. The molecule has 11 heteroatoms. The molecule has 0 N–H and O–H groups in total. The zero-order chi connectivity index (χ0) is 30.1. The summed E-state index contributed by atoms with van der Waals surface area (Å²) in [6.45, 7) is 13.0. The van der Waals surface area contributed by atoms with Crippen LogP contribution in [0.2, 0.25) is 0 Å². The molecular weight excluding hydrogens is 546 g/mol. The summed E-state index contributed by atoms with van der Waals surface area (Å²) >= 11 is 0.815. The lowest BCUT2D eigenvalue weighted by molar-refractivity contribution is -0.168. The van der Waals surface area contributed by atoms with E-state index in [-0.39, 0.29) is 32.7 Å². The number of esters is 3. The van der Waals surface area contributed by atoms with Gasteiger partial charge >= 0.3 is 31.5 Å². The molecule has 1 aromatic carbocycles. The Labute approximate surface area is 236 Å². The minimum absolute atomic E-state index is 0.0670. The summed E-state index contributed by atoms with van der Waals surface area (Å²) in [6, 6.07) is 9.32. The van der Waals surface area contributed by atoms with Gasteiger partial charge in [0.25, 0.3) is 0 Å². The van der Waals surface area contributed by atoms with E-state index in [9.17, 15) is 23.4 Å². The lowest BCUT2D eigenvalue weighted by Gasteiger charge is -2.32. The molecule has 220 valence electrons. The Balaban J connectivity index is 2.56. The number of ether oxygens (including phenoxy) is 3. The number of halogens is 1. The van der Waals surface area contributed by atoms with Crippen LogP contribution < -0.4 is 0 Å². The molecule has 0 heterocycles. The van der Waals surface area contributed by atoms with Crippen LogP contribution in [0.5, 0.6) is 0 Å². The molecule has 0 aliphatic carbocycles. The molecule has 0 bridgehead atoms. The van der Waals surface area contributed by atoms with E-state index in [1.165, 1.54) is 6.26 Å². The maximum Gasteiger partial charge on any atom is 0.343 e. The Morgan fingerprint density at radius 1 is 0.692 bits per heavy atom.